The van der Waals surface area contributed by atoms with Crippen molar-refractivity contribution in [2.45, 2.75) is 0 Å². The molecular formula is C11H11BO. The van der Waals surface area contributed by atoms with Gasteiger partial charge in [-0.2, -0.15) is 0 Å². The van der Waals surface area contributed by atoms with E-state index in [0.29, 0.717) is 0 Å². The summed E-state index contributed by atoms with van der Waals surface area (Å²) in [6, 6.07) is 0. The highest BCUT2D eigenvalue weighted by atomic mass is 16.1. The van der Waals surface area contributed by atoms with Crippen LogP contribution in [0.2, 0.25) is 0 Å². The largest absolute Gasteiger partial charge is 0.308 e. The minimum atomic E-state index is -0.470. The van der Waals surface area contributed by atoms with E-state index in [2.05, 4.69) is 13.2 Å². The zero-order valence-corrected chi connectivity index (χ0v) is 7.44. The van der Waals surface area contributed by atoms with Crippen LogP contribution in [0.1, 0.15) is 0 Å². The van der Waals surface area contributed by atoms with Crippen LogP contribution in [0, 0.1) is 0 Å². The molecule has 0 aromatic heterocycles. The lowest BCUT2D eigenvalue weighted by Gasteiger charge is -1.89. The van der Waals surface area contributed by atoms with E-state index in [1.807, 2.05) is 0 Å². The molecule has 0 spiro atoms. The second kappa shape index (κ2) is 7.10. The molecule has 0 saturated carbocycles. The average molecular weight is 170 g/mol. The van der Waals surface area contributed by atoms with Gasteiger partial charge in [0.15, 0.2) is 7.85 Å². The van der Waals surface area contributed by atoms with Gasteiger partial charge in [0.25, 0.3) is 0 Å². The third-order valence-corrected chi connectivity index (χ3v) is 1.18. The SMILES string of the molecule is [B]C(=O)\C=C/C(/C=C\C=C)=C/C=C. The molecule has 0 aromatic carbocycles. The Morgan fingerprint density at radius 1 is 1.08 bits per heavy atom. The Hall–Kier alpha value is -1.57. The van der Waals surface area contributed by atoms with E-state index in [4.69, 9.17) is 7.85 Å². The van der Waals surface area contributed by atoms with Gasteiger partial charge < -0.3 is 4.79 Å². The summed E-state index contributed by atoms with van der Waals surface area (Å²) in [5.74, 6) is 0. The number of hydrogen-bond donors (Lipinski definition) is 0. The fourth-order valence-electron chi connectivity index (χ4n) is 0.660. The lowest BCUT2D eigenvalue weighted by molar-refractivity contribution is -0.107. The number of rotatable bonds is 5. The molecule has 2 radical (unpaired) electrons. The molecule has 0 N–H and O–H groups in total. The summed E-state index contributed by atoms with van der Waals surface area (Å²) in [6.45, 7) is 7.08. The lowest BCUT2D eigenvalue weighted by Crippen LogP contribution is -1.87. The van der Waals surface area contributed by atoms with Crippen LogP contribution in [-0.2, 0) is 4.79 Å². The number of carbonyl (C=O) groups excluding carboxylic acids is 1. The van der Waals surface area contributed by atoms with Gasteiger partial charge in [-0.05, 0) is 11.6 Å². The number of allylic oxidation sites excluding steroid dienone is 8. The van der Waals surface area contributed by atoms with Crippen molar-refractivity contribution in [1.29, 1.82) is 0 Å². The van der Waals surface area contributed by atoms with Gasteiger partial charge in [0.1, 0.15) is 0 Å². The lowest BCUT2D eigenvalue weighted by atomic mass is 10.0. The maximum atomic E-state index is 10.4. The van der Waals surface area contributed by atoms with Crippen molar-refractivity contribution in [3.8, 4) is 0 Å². The number of hydrogen-bond acceptors (Lipinski definition) is 1. The first-order chi connectivity index (χ1) is 6.20. The van der Waals surface area contributed by atoms with E-state index >= 15 is 0 Å². The Kier molecular flexibility index (Phi) is 6.25. The Morgan fingerprint density at radius 3 is 2.23 bits per heavy atom. The van der Waals surface area contributed by atoms with E-state index in [-0.39, 0.29) is 0 Å². The predicted molar refractivity (Wildman–Crippen MR) is 57.5 cm³/mol. The zero-order valence-electron chi connectivity index (χ0n) is 7.44. The Morgan fingerprint density at radius 2 is 1.77 bits per heavy atom. The van der Waals surface area contributed by atoms with Gasteiger partial charge in [0, 0.05) is 0 Å². The van der Waals surface area contributed by atoms with E-state index in [0.717, 1.165) is 5.57 Å². The first-order valence-electron chi connectivity index (χ1n) is 3.80. The van der Waals surface area contributed by atoms with Gasteiger partial charge >= 0.3 is 0 Å². The van der Waals surface area contributed by atoms with Crippen molar-refractivity contribution in [2.24, 2.45) is 0 Å². The minimum absolute atomic E-state index is 0.470. The molecule has 2 heteroatoms. The Labute approximate surface area is 80.3 Å². The molecule has 64 valence electrons. The summed E-state index contributed by atoms with van der Waals surface area (Å²) in [5.41, 5.74) is 0.371. The molecule has 0 atom stereocenters. The van der Waals surface area contributed by atoms with E-state index < -0.39 is 5.68 Å². The molecule has 13 heavy (non-hydrogen) atoms. The predicted octanol–water partition coefficient (Wildman–Crippen LogP) is 2.09. The molecule has 0 unspecified atom stereocenters. The summed E-state index contributed by atoms with van der Waals surface area (Å²) >= 11 is 0. The summed E-state index contributed by atoms with van der Waals surface area (Å²) in [5, 5.41) is 0. The molecule has 0 aromatic rings. The zero-order chi connectivity index (χ0) is 10.1. The average Bonchev–Trinajstić information content (AvgIpc) is 2.09. The highest BCUT2D eigenvalue weighted by Gasteiger charge is 1.84. The Balaban J connectivity index is 4.53. The molecule has 1 nitrogen and oxygen atoms in total. The first-order valence-corrected chi connectivity index (χ1v) is 3.80. The monoisotopic (exact) mass is 170 g/mol. The third-order valence-electron chi connectivity index (χ3n) is 1.18. The summed E-state index contributed by atoms with van der Waals surface area (Å²) < 4.78 is 0. The van der Waals surface area contributed by atoms with E-state index in [1.54, 1.807) is 36.5 Å². The molecule has 0 saturated heterocycles. The standard InChI is InChI=1S/C11H11BO/c1-3-5-7-10(6-4-2)8-9-11(12)13/h3-9H,1-2H2/b7-5-,9-8-,10-6+. The molecule has 0 bridgehead atoms. The maximum absolute atomic E-state index is 10.4. The fourth-order valence-corrected chi connectivity index (χ4v) is 0.660. The highest BCUT2D eigenvalue weighted by Crippen LogP contribution is 1.99. The van der Waals surface area contributed by atoms with E-state index in [1.165, 1.54) is 6.08 Å². The van der Waals surface area contributed by atoms with Crippen molar-refractivity contribution >= 4 is 13.5 Å². The van der Waals surface area contributed by atoms with Gasteiger partial charge in [-0.15, -0.1) is 0 Å². The molecular weight excluding hydrogens is 159 g/mol. The summed E-state index contributed by atoms with van der Waals surface area (Å²) in [7, 11) is 4.94. The van der Waals surface area contributed by atoms with Crippen LogP contribution >= 0.6 is 0 Å². The van der Waals surface area contributed by atoms with Gasteiger partial charge in [0.05, 0.1) is 5.68 Å². The van der Waals surface area contributed by atoms with Crippen LogP contribution in [-0.4, -0.2) is 13.5 Å². The van der Waals surface area contributed by atoms with Gasteiger partial charge in [-0.1, -0.05) is 49.6 Å². The van der Waals surface area contributed by atoms with Crippen LogP contribution in [0.3, 0.4) is 0 Å². The van der Waals surface area contributed by atoms with Crippen molar-refractivity contribution in [2.75, 3.05) is 0 Å². The van der Waals surface area contributed by atoms with Gasteiger partial charge in [-0.25, -0.2) is 0 Å². The second-order valence-electron chi connectivity index (χ2n) is 2.23. The Bertz CT molecular complexity index is 282. The van der Waals surface area contributed by atoms with Crippen molar-refractivity contribution in [1.82, 2.24) is 0 Å². The second-order valence-corrected chi connectivity index (χ2v) is 2.23. The van der Waals surface area contributed by atoms with Crippen molar-refractivity contribution in [3.63, 3.8) is 0 Å². The topological polar surface area (TPSA) is 17.1 Å². The molecule has 0 rings (SSSR count). The fraction of sp³-hybridized carbons (Fsp3) is 0. The highest BCUT2D eigenvalue weighted by molar-refractivity contribution is 6.60. The minimum Gasteiger partial charge on any atom is -0.308 e. The van der Waals surface area contributed by atoms with Crippen LogP contribution < -0.4 is 0 Å². The van der Waals surface area contributed by atoms with Crippen molar-refractivity contribution < 1.29 is 4.79 Å². The van der Waals surface area contributed by atoms with Gasteiger partial charge in [0.2, 0.25) is 0 Å². The molecule has 0 aliphatic carbocycles. The molecule has 0 aliphatic heterocycles. The molecule has 0 amide bonds. The molecule has 0 heterocycles. The van der Waals surface area contributed by atoms with Crippen LogP contribution in [0.15, 0.2) is 61.3 Å². The van der Waals surface area contributed by atoms with Gasteiger partial charge in [-0.3, -0.25) is 0 Å². The molecule has 0 aliphatic rings. The summed E-state index contributed by atoms with van der Waals surface area (Å²) in [4.78, 5) is 10.4. The van der Waals surface area contributed by atoms with Crippen molar-refractivity contribution in [3.05, 3.63) is 61.3 Å². The number of carbonyl (C=O) groups is 1. The third kappa shape index (κ3) is 6.82. The van der Waals surface area contributed by atoms with Crippen LogP contribution in [0.4, 0.5) is 0 Å². The summed E-state index contributed by atoms with van der Waals surface area (Å²) in [6.07, 6.45) is 11.5. The normalized spacial score (nSPS) is 12.2. The molecule has 0 fully saturated rings. The van der Waals surface area contributed by atoms with Crippen LogP contribution in [0.25, 0.3) is 0 Å². The van der Waals surface area contributed by atoms with Crippen LogP contribution in [0.5, 0.6) is 0 Å². The smallest absolute Gasteiger partial charge is 0.174 e. The quantitative estimate of drug-likeness (QED) is 0.350. The first kappa shape index (κ1) is 11.4. The van der Waals surface area contributed by atoms with E-state index in [9.17, 15) is 4.79 Å². The maximum Gasteiger partial charge on any atom is 0.174 e.